The lowest BCUT2D eigenvalue weighted by molar-refractivity contribution is -0.133. The Morgan fingerprint density at radius 3 is 2.21 bits per heavy atom. The van der Waals surface area contributed by atoms with Crippen molar-refractivity contribution in [3.05, 3.63) is 11.1 Å². The predicted molar refractivity (Wildman–Crippen MR) is 69.5 cm³/mol. The van der Waals surface area contributed by atoms with Gasteiger partial charge in [-0.25, -0.2) is 9.59 Å². The van der Waals surface area contributed by atoms with E-state index in [2.05, 4.69) is 5.32 Å². The normalized spacial score (nSPS) is 16.2. The van der Waals surface area contributed by atoms with Crippen LogP contribution in [0.5, 0.6) is 0 Å². The molecule has 3 amide bonds. The van der Waals surface area contributed by atoms with Gasteiger partial charge in [-0.15, -0.1) is 0 Å². The Morgan fingerprint density at radius 1 is 1.21 bits per heavy atom. The van der Waals surface area contributed by atoms with E-state index in [-0.39, 0.29) is 11.1 Å². The van der Waals surface area contributed by atoms with Crippen molar-refractivity contribution >= 4 is 17.9 Å². The summed E-state index contributed by atoms with van der Waals surface area (Å²) in [7, 11) is 1.63. The number of urea groups is 1. The molecule has 0 unspecified atom stereocenters. The summed E-state index contributed by atoms with van der Waals surface area (Å²) in [5, 5.41) is 11.0. The second-order valence-corrected chi connectivity index (χ2v) is 4.99. The van der Waals surface area contributed by atoms with E-state index in [4.69, 9.17) is 5.11 Å². The summed E-state index contributed by atoms with van der Waals surface area (Å²) in [5.41, 5.74) is -0.0233. The van der Waals surface area contributed by atoms with E-state index in [0.717, 1.165) is 12.8 Å². The van der Waals surface area contributed by atoms with Crippen LogP contribution in [-0.2, 0) is 9.59 Å². The van der Waals surface area contributed by atoms with E-state index >= 15 is 0 Å². The van der Waals surface area contributed by atoms with E-state index in [0.29, 0.717) is 12.5 Å². The molecule has 1 aliphatic rings. The van der Waals surface area contributed by atoms with Gasteiger partial charge in [0.1, 0.15) is 0 Å². The summed E-state index contributed by atoms with van der Waals surface area (Å²) in [5.74, 6) is -1.31. The molecule has 0 aliphatic heterocycles. The topological polar surface area (TPSA) is 86.7 Å². The monoisotopic (exact) mass is 268 g/mol. The zero-order valence-electron chi connectivity index (χ0n) is 11.5. The number of imide groups is 1. The molecule has 0 saturated heterocycles. The Morgan fingerprint density at radius 2 is 1.79 bits per heavy atom. The number of aliphatic carboxylic acids is 1. The lowest BCUT2D eigenvalue weighted by Crippen LogP contribution is -2.44. The standard InChI is InChI=1S/C13H20N2O4/c1-8(9(2)12(17)18)11(16)14-13(19)15(3)7-10-5-4-6-10/h10H,4-7H2,1-3H3,(H,17,18)(H,14,16,19). The molecule has 19 heavy (non-hydrogen) atoms. The maximum Gasteiger partial charge on any atom is 0.331 e. The lowest BCUT2D eigenvalue weighted by Gasteiger charge is -2.30. The summed E-state index contributed by atoms with van der Waals surface area (Å²) < 4.78 is 0. The lowest BCUT2D eigenvalue weighted by atomic mass is 9.85. The molecule has 0 aromatic carbocycles. The van der Waals surface area contributed by atoms with Crippen molar-refractivity contribution in [2.75, 3.05) is 13.6 Å². The van der Waals surface area contributed by atoms with E-state index < -0.39 is 17.9 Å². The molecule has 0 spiro atoms. The maximum absolute atomic E-state index is 11.7. The first-order chi connectivity index (χ1) is 8.82. The van der Waals surface area contributed by atoms with Crippen molar-refractivity contribution in [1.82, 2.24) is 10.2 Å². The minimum Gasteiger partial charge on any atom is -0.478 e. The van der Waals surface area contributed by atoms with E-state index in [1.165, 1.54) is 25.2 Å². The van der Waals surface area contributed by atoms with Crippen molar-refractivity contribution in [2.45, 2.75) is 33.1 Å². The zero-order chi connectivity index (χ0) is 14.6. The number of hydrogen-bond acceptors (Lipinski definition) is 3. The Hall–Kier alpha value is -1.85. The average molecular weight is 268 g/mol. The number of rotatable bonds is 4. The number of nitrogens with zero attached hydrogens (tertiary/aromatic N) is 1. The number of amides is 3. The smallest absolute Gasteiger partial charge is 0.331 e. The molecule has 0 aromatic rings. The highest BCUT2D eigenvalue weighted by Crippen LogP contribution is 2.26. The largest absolute Gasteiger partial charge is 0.478 e. The van der Waals surface area contributed by atoms with Crippen LogP contribution in [0, 0.1) is 5.92 Å². The molecule has 0 heterocycles. The minimum absolute atomic E-state index is 0.0397. The molecule has 0 radical (unpaired) electrons. The molecule has 1 rings (SSSR count). The first-order valence-corrected chi connectivity index (χ1v) is 6.30. The highest BCUT2D eigenvalue weighted by atomic mass is 16.4. The van der Waals surface area contributed by atoms with Gasteiger partial charge in [0.25, 0.3) is 5.91 Å². The van der Waals surface area contributed by atoms with Crippen LogP contribution < -0.4 is 5.32 Å². The summed E-state index contributed by atoms with van der Waals surface area (Å²) in [6.45, 7) is 3.34. The SMILES string of the molecule is CC(C(=O)O)=C(C)C(=O)NC(=O)N(C)CC1CCC1. The van der Waals surface area contributed by atoms with Crippen molar-refractivity contribution < 1.29 is 19.5 Å². The summed E-state index contributed by atoms with van der Waals surface area (Å²) >= 11 is 0. The first-order valence-electron chi connectivity index (χ1n) is 6.30. The molecule has 6 nitrogen and oxygen atoms in total. The number of carboxylic acid groups (broad SMARTS) is 1. The van der Waals surface area contributed by atoms with Gasteiger partial charge in [-0.3, -0.25) is 10.1 Å². The van der Waals surface area contributed by atoms with E-state index in [1.807, 2.05) is 0 Å². The van der Waals surface area contributed by atoms with Crippen LogP contribution in [0.3, 0.4) is 0 Å². The van der Waals surface area contributed by atoms with Crippen LogP contribution in [0.1, 0.15) is 33.1 Å². The average Bonchev–Trinajstić information content (AvgIpc) is 2.31. The van der Waals surface area contributed by atoms with Gasteiger partial charge in [-0.1, -0.05) is 6.42 Å². The molecular weight excluding hydrogens is 248 g/mol. The van der Waals surface area contributed by atoms with E-state index in [1.54, 1.807) is 7.05 Å². The van der Waals surface area contributed by atoms with Crippen molar-refractivity contribution in [2.24, 2.45) is 5.92 Å². The summed E-state index contributed by atoms with van der Waals surface area (Å²) in [4.78, 5) is 35.6. The first kappa shape index (κ1) is 15.2. The third kappa shape index (κ3) is 4.08. The molecule has 1 fully saturated rings. The van der Waals surface area contributed by atoms with Crippen LogP contribution in [0.4, 0.5) is 4.79 Å². The molecule has 2 N–H and O–H groups in total. The molecule has 106 valence electrons. The molecule has 0 atom stereocenters. The van der Waals surface area contributed by atoms with Gasteiger partial charge in [0.2, 0.25) is 0 Å². The van der Waals surface area contributed by atoms with Crippen molar-refractivity contribution in [3.63, 3.8) is 0 Å². The molecule has 1 aliphatic carbocycles. The van der Waals surface area contributed by atoms with Crippen LogP contribution in [0.25, 0.3) is 0 Å². The Labute approximate surface area is 112 Å². The molecule has 1 saturated carbocycles. The van der Waals surface area contributed by atoms with Gasteiger partial charge in [0.05, 0.1) is 0 Å². The fourth-order valence-electron chi connectivity index (χ4n) is 1.76. The predicted octanol–water partition coefficient (Wildman–Crippen LogP) is 1.38. The second-order valence-electron chi connectivity index (χ2n) is 4.99. The number of nitrogens with one attached hydrogen (secondary N) is 1. The highest BCUT2D eigenvalue weighted by molar-refractivity contribution is 6.07. The van der Waals surface area contributed by atoms with Crippen LogP contribution >= 0.6 is 0 Å². The number of carbonyl (C=O) groups is 3. The third-order valence-corrected chi connectivity index (χ3v) is 3.55. The van der Waals surface area contributed by atoms with Crippen LogP contribution in [-0.4, -0.2) is 41.5 Å². The number of hydrogen-bond donors (Lipinski definition) is 2. The Bertz CT molecular complexity index is 424. The number of carbonyl (C=O) groups excluding carboxylic acids is 2. The molecular formula is C13H20N2O4. The Balaban J connectivity index is 2.53. The van der Waals surface area contributed by atoms with Gasteiger partial charge >= 0.3 is 12.0 Å². The van der Waals surface area contributed by atoms with Gasteiger partial charge in [0, 0.05) is 24.7 Å². The summed E-state index contributed by atoms with van der Waals surface area (Å²) in [6.07, 6.45) is 3.42. The van der Waals surface area contributed by atoms with Crippen molar-refractivity contribution in [3.8, 4) is 0 Å². The zero-order valence-corrected chi connectivity index (χ0v) is 11.5. The van der Waals surface area contributed by atoms with Crippen LogP contribution in [0.2, 0.25) is 0 Å². The van der Waals surface area contributed by atoms with Gasteiger partial charge in [-0.05, 0) is 32.6 Å². The minimum atomic E-state index is -1.16. The highest BCUT2D eigenvalue weighted by Gasteiger charge is 2.23. The van der Waals surface area contributed by atoms with Gasteiger partial charge < -0.3 is 10.0 Å². The van der Waals surface area contributed by atoms with Crippen molar-refractivity contribution in [1.29, 1.82) is 0 Å². The van der Waals surface area contributed by atoms with Gasteiger partial charge in [-0.2, -0.15) is 0 Å². The fourth-order valence-corrected chi connectivity index (χ4v) is 1.76. The van der Waals surface area contributed by atoms with Crippen LogP contribution in [0.15, 0.2) is 11.1 Å². The van der Waals surface area contributed by atoms with E-state index in [9.17, 15) is 14.4 Å². The third-order valence-electron chi connectivity index (χ3n) is 3.55. The second kappa shape index (κ2) is 6.36. The van der Waals surface area contributed by atoms with Gasteiger partial charge in [0.15, 0.2) is 0 Å². The summed E-state index contributed by atoms with van der Waals surface area (Å²) in [6, 6.07) is -0.491. The quantitative estimate of drug-likeness (QED) is 0.754. The molecule has 6 heteroatoms. The molecule has 0 bridgehead atoms. The Kier molecular flexibility index (Phi) is 5.09. The fraction of sp³-hybridized carbons (Fsp3) is 0.615. The number of carboxylic acids is 1. The maximum atomic E-state index is 11.7. The molecule has 0 aromatic heterocycles.